The lowest BCUT2D eigenvalue weighted by Gasteiger charge is -2.07. The first-order valence-corrected chi connectivity index (χ1v) is 7.85. The van der Waals surface area contributed by atoms with Crippen molar-refractivity contribution in [2.75, 3.05) is 5.32 Å². The largest absolute Gasteiger partial charge is 0.348 e. The Morgan fingerprint density at radius 2 is 1.96 bits per heavy atom. The maximum absolute atomic E-state index is 11.9. The quantitative estimate of drug-likeness (QED) is 0.797. The van der Waals surface area contributed by atoms with Crippen molar-refractivity contribution in [1.29, 1.82) is 5.26 Å². The summed E-state index contributed by atoms with van der Waals surface area (Å²) in [7, 11) is 0. The van der Waals surface area contributed by atoms with Crippen LogP contribution in [0.4, 0.5) is 5.69 Å². The zero-order valence-electron chi connectivity index (χ0n) is 14.0. The third-order valence-electron chi connectivity index (χ3n) is 3.39. The SMILES string of the molecule is Cc1cccc(/C=C/C(=O)NCc2cccc(NC(=O)CC#N)c2)c1. The van der Waals surface area contributed by atoms with Crippen molar-refractivity contribution < 1.29 is 9.59 Å². The normalized spacial score (nSPS) is 10.2. The molecule has 2 aromatic rings. The smallest absolute Gasteiger partial charge is 0.244 e. The molecule has 0 aliphatic carbocycles. The maximum Gasteiger partial charge on any atom is 0.244 e. The third kappa shape index (κ3) is 6.32. The maximum atomic E-state index is 11.9. The number of rotatable bonds is 6. The molecule has 0 atom stereocenters. The van der Waals surface area contributed by atoms with Crippen LogP contribution in [0.2, 0.25) is 0 Å². The van der Waals surface area contributed by atoms with Crippen LogP contribution in [0.25, 0.3) is 6.08 Å². The number of nitrogens with one attached hydrogen (secondary N) is 2. The zero-order chi connectivity index (χ0) is 18.1. The minimum atomic E-state index is -0.357. The number of carbonyl (C=O) groups is 2. The fourth-order valence-corrected chi connectivity index (χ4v) is 2.23. The molecule has 0 spiro atoms. The molecule has 0 bridgehead atoms. The highest BCUT2D eigenvalue weighted by Crippen LogP contribution is 2.11. The Bertz CT molecular complexity index is 835. The lowest BCUT2D eigenvalue weighted by atomic mass is 10.1. The fraction of sp³-hybridized carbons (Fsp3) is 0.150. The number of aryl methyl sites for hydroxylation is 1. The van der Waals surface area contributed by atoms with E-state index in [9.17, 15) is 9.59 Å². The van der Waals surface area contributed by atoms with Crippen molar-refractivity contribution in [2.24, 2.45) is 0 Å². The Hall–Kier alpha value is -3.39. The molecule has 0 saturated heterocycles. The summed E-state index contributed by atoms with van der Waals surface area (Å²) in [6, 6.07) is 16.8. The van der Waals surface area contributed by atoms with Crippen molar-refractivity contribution in [3.05, 3.63) is 71.3 Å². The molecule has 0 fully saturated rings. The number of nitriles is 1. The number of amides is 2. The minimum Gasteiger partial charge on any atom is -0.348 e. The van der Waals surface area contributed by atoms with Crippen LogP contribution in [0.3, 0.4) is 0 Å². The van der Waals surface area contributed by atoms with Gasteiger partial charge in [0.1, 0.15) is 6.42 Å². The zero-order valence-corrected chi connectivity index (χ0v) is 14.0. The minimum absolute atomic E-state index is 0.190. The van der Waals surface area contributed by atoms with E-state index in [-0.39, 0.29) is 18.2 Å². The van der Waals surface area contributed by atoms with E-state index in [1.54, 1.807) is 30.3 Å². The molecule has 25 heavy (non-hydrogen) atoms. The lowest BCUT2D eigenvalue weighted by molar-refractivity contribution is -0.117. The Kier molecular flexibility index (Phi) is 6.49. The lowest BCUT2D eigenvalue weighted by Crippen LogP contribution is -2.20. The Morgan fingerprint density at radius 3 is 2.72 bits per heavy atom. The highest BCUT2D eigenvalue weighted by Gasteiger charge is 2.03. The van der Waals surface area contributed by atoms with E-state index in [0.717, 1.165) is 16.7 Å². The summed E-state index contributed by atoms with van der Waals surface area (Å²) in [5.41, 5.74) is 3.56. The van der Waals surface area contributed by atoms with E-state index in [2.05, 4.69) is 10.6 Å². The summed E-state index contributed by atoms with van der Waals surface area (Å²) < 4.78 is 0. The van der Waals surface area contributed by atoms with Crippen molar-refractivity contribution in [2.45, 2.75) is 19.9 Å². The van der Waals surface area contributed by atoms with Gasteiger partial charge in [-0.05, 0) is 36.3 Å². The standard InChI is InChI=1S/C20H19N3O2/c1-15-4-2-5-16(12-15)8-9-19(24)22-14-17-6-3-7-18(13-17)23-20(25)10-11-21/h2-9,12-13H,10,14H2,1H3,(H,22,24)(H,23,25)/b9-8+. The molecule has 0 aliphatic rings. The molecule has 2 amide bonds. The molecular weight excluding hydrogens is 314 g/mol. The van der Waals surface area contributed by atoms with Gasteiger partial charge in [0.15, 0.2) is 0 Å². The first kappa shape index (κ1) is 18.0. The van der Waals surface area contributed by atoms with Crippen LogP contribution >= 0.6 is 0 Å². The van der Waals surface area contributed by atoms with Gasteiger partial charge in [-0.2, -0.15) is 5.26 Å². The van der Waals surface area contributed by atoms with Gasteiger partial charge in [0.05, 0.1) is 6.07 Å². The molecular formula is C20H19N3O2. The van der Waals surface area contributed by atoms with Gasteiger partial charge < -0.3 is 10.6 Å². The number of hydrogen-bond acceptors (Lipinski definition) is 3. The van der Waals surface area contributed by atoms with Crippen LogP contribution in [0, 0.1) is 18.3 Å². The Labute approximate surface area is 147 Å². The van der Waals surface area contributed by atoms with Crippen LogP contribution in [0.1, 0.15) is 23.1 Å². The third-order valence-corrected chi connectivity index (χ3v) is 3.39. The molecule has 0 heterocycles. The van der Waals surface area contributed by atoms with Crippen molar-refractivity contribution in [3.8, 4) is 6.07 Å². The van der Waals surface area contributed by atoms with E-state index in [1.165, 1.54) is 6.08 Å². The number of carbonyl (C=O) groups excluding carboxylic acids is 2. The van der Waals surface area contributed by atoms with Gasteiger partial charge in [0, 0.05) is 18.3 Å². The van der Waals surface area contributed by atoms with Gasteiger partial charge in [0.2, 0.25) is 11.8 Å². The average molecular weight is 333 g/mol. The van der Waals surface area contributed by atoms with E-state index in [1.807, 2.05) is 37.3 Å². The highest BCUT2D eigenvalue weighted by molar-refractivity contribution is 5.92. The summed E-state index contributed by atoms with van der Waals surface area (Å²) in [5.74, 6) is -0.551. The first-order chi connectivity index (χ1) is 12.1. The number of anilines is 1. The fourth-order valence-electron chi connectivity index (χ4n) is 2.23. The molecule has 0 radical (unpaired) electrons. The summed E-state index contributed by atoms with van der Waals surface area (Å²) in [5, 5.41) is 13.9. The molecule has 2 N–H and O–H groups in total. The molecule has 126 valence electrons. The van der Waals surface area contributed by atoms with Gasteiger partial charge in [0.25, 0.3) is 0 Å². The van der Waals surface area contributed by atoms with E-state index >= 15 is 0 Å². The second kappa shape index (κ2) is 9.04. The van der Waals surface area contributed by atoms with Crippen LogP contribution in [0.5, 0.6) is 0 Å². The molecule has 0 aliphatic heterocycles. The molecule has 0 saturated carbocycles. The van der Waals surface area contributed by atoms with Crippen molar-refractivity contribution in [1.82, 2.24) is 5.32 Å². The second-order valence-electron chi connectivity index (χ2n) is 5.55. The predicted octanol–water partition coefficient (Wildman–Crippen LogP) is 3.18. The molecule has 5 nitrogen and oxygen atoms in total. The van der Waals surface area contributed by atoms with Gasteiger partial charge >= 0.3 is 0 Å². The summed E-state index contributed by atoms with van der Waals surface area (Å²) in [4.78, 5) is 23.3. The predicted molar refractivity (Wildman–Crippen MR) is 97.4 cm³/mol. The van der Waals surface area contributed by atoms with Gasteiger partial charge in [-0.3, -0.25) is 9.59 Å². The summed E-state index contributed by atoms with van der Waals surface area (Å²) in [6.45, 7) is 2.35. The van der Waals surface area contributed by atoms with Crippen LogP contribution < -0.4 is 10.6 Å². The van der Waals surface area contributed by atoms with Crippen LogP contribution in [0.15, 0.2) is 54.6 Å². The molecule has 0 aromatic heterocycles. The topological polar surface area (TPSA) is 82.0 Å². The molecule has 5 heteroatoms. The first-order valence-electron chi connectivity index (χ1n) is 7.85. The number of hydrogen-bond donors (Lipinski definition) is 2. The number of nitrogens with zero attached hydrogens (tertiary/aromatic N) is 1. The summed E-state index contributed by atoms with van der Waals surface area (Å²) in [6.07, 6.45) is 3.07. The number of benzene rings is 2. The average Bonchev–Trinajstić information content (AvgIpc) is 2.59. The Balaban J connectivity index is 1.89. The van der Waals surface area contributed by atoms with E-state index < -0.39 is 0 Å². The Morgan fingerprint density at radius 1 is 1.16 bits per heavy atom. The van der Waals surface area contributed by atoms with Crippen molar-refractivity contribution >= 4 is 23.6 Å². The molecule has 2 aromatic carbocycles. The van der Waals surface area contributed by atoms with Crippen molar-refractivity contribution in [3.63, 3.8) is 0 Å². The van der Waals surface area contributed by atoms with Gasteiger partial charge in [-0.25, -0.2) is 0 Å². The monoisotopic (exact) mass is 333 g/mol. The van der Waals surface area contributed by atoms with E-state index in [0.29, 0.717) is 12.2 Å². The second-order valence-corrected chi connectivity index (χ2v) is 5.55. The summed E-state index contributed by atoms with van der Waals surface area (Å²) >= 11 is 0. The van der Waals surface area contributed by atoms with E-state index in [4.69, 9.17) is 5.26 Å². The van der Waals surface area contributed by atoms with Gasteiger partial charge in [-0.1, -0.05) is 42.0 Å². The van der Waals surface area contributed by atoms with Crippen LogP contribution in [-0.2, 0) is 16.1 Å². The molecule has 0 unspecified atom stereocenters. The highest BCUT2D eigenvalue weighted by atomic mass is 16.2. The van der Waals surface area contributed by atoms with Gasteiger partial charge in [-0.15, -0.1) is 0 Å². The van der Waals surface area contributed by atoms with Crippen LogP contribution in [-0.4, -0.2) is 11.8 Å². The molecule has 2 rings (SSSR count).